The van der Waals surface area contributed by atoms with E-state index < -0.39 is 23.1 Å². The van der Waals surface area contributed by atoms with Crippen LogP contribution in [0.3, 0.4) is 0 Å². The molecule has 4 N–H and O–H groups in total. The van der Waals surface area contributed by atoms with E-state index in [1.54, 1.807) is 24.3 Å². The third kappa shape index (κ3) is 6.47. The summed E-state index contributed by atoms with van der Waals surface area (Å²) in [6, 6.07) is 10.6. The monoisotopic (exact) mass is 548 g/mol. The Balaban J connectivity index is 1.51. The van der Waals surface area contributed by atoms with E-state index in [4.69, 9.17) is 20.9 Å². The van der Waals surface area contributed by atoms with Crippen molar-refractivity contribution < 1.29 is 19.1 Å². The minimum absolute atomic E-state index is 0.295. The fourth-order valence-electron chi connectivity index (χ4n) is 6.55. The number of nitrogens with two attached hydrogens (primary N) is 2. The van der Waals surface area contributed by atoms with Crippen molar-refractivity contribution in [1.29, 1.82) is 0 Å². The molecule has 2 aromatic carbocycles. The number of anilines is 2. The minimum Gasteiger partial charge on any atom is -0.456 e. The number of esters is 2. The number of rotatable bonds is 7. The predicted octanol–water partition coefficient (Wildman–Crippen LogP) is 8.04. The van der Waals surface area contributed by atoms with Gasteiger partial charge in [-0.2, -0.15) is 0 Å². The van der Waals surface area contributed by atoms with Crippen molar-refractivity contribution in [1.82, 2.24) is 0 Å². The molecule has 6 nitrogen and oxygen atoms in total. The molecule has 0 bridgehead atoms. The molecule has 0 aliphatic heterocycles. The third-order valence-corrected chi connectivity index (χ3v) is 9.68. The second kappa shape index (κ2) is 11.8. The Morgan fingerprint density at radius 2 is 1.00 bits per heavy atom. The van der Waals surface area contributed by atoms with Crippen molar-refractivity contribution in [3.8, 4) is 11.1 Å². The Kier molecular flexibility index (Phi) is 8.86. The average Bonchev–Trinajstić information content (AvgIpc) is 2.89. The van der Waals surface area contributed by atoms with Crippen LogP contribution in [0.25, 0.3) is 11.1 Å². The molecule has 2 aliphatic rings. The van der Waals surface area contributed by atoms with Gasteiger partial charge in [0.2, 0.25) is 0 Å². The number of ether oxygens (including phenoxy) is 2. The second-order valence-electron chi connectivity index (χ2n) is 13.4. The second-order valence-corrected chi connectivity index (χ2v) is 13.4. The van der Waals surface area contributed by atoms with Gasteiger partial charge in [-0.15, -0.1) is 0 Å². The predicted molar refractivity (Wildman–Crippen MR) is 162 cm³/mol. The summed E-state index contributed by atoms with van der Waals surface area (Å²) >= 11 is 0. The van der Waals surface area contributed by atoms with Crippen LogP contribution in [-0.4, -0.2) is 23.1 Å². The maximum absolute atomic E-state index is 13.3. The van der Waals surface area contributed by atoms with E-state index in [0.29, 0.717) is 57.3 Å². The average molecular weight is 549 g/mol. The molecule has 0 unspecified atom stereocenters. The SMILES string of the molecule is CC(C)C1CCC(C)(OC(=O)c2cccc(-c3cccc(C(=O)OC4(C)CCC(C(C)C)CC4)c3N)c2N)CC1. The summed E-state index contributed by atoms with van der Waals surface area (Å²) in [6.45, 7) is 13.1. The van der Waals surface area contributed by atoms with Gasteiger partial charge in [-0.1, -0.05) is 52.0 Å². The zero-order valence-electron chi connectivity index (χ0n) is 25.2. The van der Waals surface area contributed by atoms with Crippen LogP contribution < -0.4 is 11.5 Å². The highest BCUT2D eigenvalue weighted by molar-refractivity contribution is 6.04. The van der Waals surface area contributed by atoms with Crippen LogP contribution in [0.1, 0.15) is 114 Å². The number of benzene rings is 2. The number of hydrogen-bond acceptors (Lipinski definition) is 6. The number of carbonyl (C=O) groups excluding carboxylic acids is 2. The van der Waals surface area contributed by atoms with E-state index in [0.717, 1.165) is 51.4 Å². The number of hydrogen-bond donors (Lipinski definition) is 2. The fraction of sp³-hybridized carbons (Fsp3) is 0.588. The van der Waals surface area contributed by atoms with Crippen molar-refractivity contribution in [3.05, 3.63) is 47.5 Å². The lowest BCUT2D eigenvalue weighted by molar-refractivity contribution is -0.0379. The lowest BCUT2D eigenvalue weighted by Crippen LogP contribution is -2.37. The lowest BCUT2D eigenvalue weighted by Gasteiger charge is -2.38. The van der Waals surface area contributed by atoms with E-state index in [2.05, 4.69) is 27.7 Å². The molecule has 0 spiro atoms. The molecule has 0 saturated heterocycles. The van der Waals surface area contributed by atoms with E-state index >= 15 is 0 Å². The van der Waals surface area contributed by atoms with Gasteiger partial charge in [-0.05, 0) is 101 Å². The molecule has 4 rings (SSSR count). The first kappa shape index (κ1) is 30.0. The van der Waals surface area contributed by atoms with Crippen molar-refractivity contribution in [2.24, 2.45) is 23.7 Å². The highest BCUT2D eigenvalue weighted by Crippen LogP contribution is 2.41. The summed E-state index contributed by atoms with van der Waals surface area (Å²) in [7, 11) is 0. The highest BCUT2D eigenvalue weighted by Gasteiger charge is 2.37. The zero-order chi connectivity index (χ0) is 29.2. The summed E-state index contributed by atoms with van der Waals surface area (Å²) < 4.78 is 12.1. The standard InChI is InChI=1S/C34H48N2O4/c1-21(2)23-13-17-33(5,18-14-23)39-31(37)27-11-7-9-25(29(27)35)26-10-8-12-28(30(26)36)32(38)40-34(6)19-15-24(16-20-34)22(3)4/h7-12,21-24H,13-20,35-36H2,1-6H3. The van der Waals surface area contributed by atoms with Crippen molar-refractivity contribution in [2.75, 3.05) is 11.5 Å². The van der Waals surface area contributed by atoms with Crippen molar-refractivity contribution >= 4 is 23.3 Å². The summed E-state index contributed by atoms with van der Waals surface area (Å²) in [5.41, 5.74) is 14.5. The summed E-state index contributed by atoms with van der Waals surface area (Å²) in [5.74, 6) is 1.75. The van der Waals surface area contributed by atoms with Gasteiger partial charge >= 0.3 is 11.9 Å². The Bertz CT molecular complexity index is 1120. The Hall–Kier alpha value is -3.02. The Labute approximate surface area is 240 Å². The fourth-order valence-corrected chi connectivity index (χ4v) is 6.55. The molecule has 40 heavy (non-hydrogen) atoms. The van der Waals surface area contributed by atoms with Gasteiger partial charge in [0, 0.05) is 11.1 Å². The normalized spacial score (nSPS) is 27.0. The van der Waals surface area contributed by atoms with Crippen LogP contribution in [-0.2, 0) is 9.47 Å². The molecular weight excluding hydrogens is 500 g/mol. The molecule has 0 aromatic heterocycles. The van der Waals surface area contributed by atoms with Gasteiger partial charge in [0.1, 0.15) is 11.2 Å². The maximum atomic E-state index is 13.3. The van der Waals surface area contributed by atoms with E-state index in [-0.39, 0.29) is 0 Å². The molecule has 2 saturated carbocycles. The summed E-state index contributed by atoms with van der Waals surface area (Å²) in [6.07, 6.45) is 7.57. The van der Waals surface area contributed by atoms with Crippen LogP contribution >= 0.6 is 0 Å². The van der Waals surface area contributed by atoms with Crippen molar-refractivity contribution in [3.63, 3.8) is 0 Å². The molecule has 0 atom stereocenters. The van der Waals surface area contributed by atoms with E-state index in [1.807, 2.05) is 26.0 Å². The van der Waals surface area contributed by atoms with Crippen LogP contribution in [0, 0.1) is 23.7 Å². The maximum Gasteiger partial charge on any atom is 0.340 e. The molecule has 218 valence electrons. The van der Waals surface area contributed by atoms with Gasteiger partial charge in [-0.25, -0.2) is 9.59 Å². The molecule has 2 fully saturated rings. The molecular formula is C34H48N2O4. The number of para-hydroxylation sites is 2. The molecule has 0 radical (unpaired) electrons. The summed E-state index contributed by atoms with van der Waals surface area (Å²) in [4.78, 5) is 26.6. The molecule has 2 aromatic rings. The largest absolute Gasteiger partial charge is 0.456 e. The number of carbonyl (C=O) groups is 2. The van der Waals surface area contributed by atoms with Gasteiger partial charge < -0.3 is 20.9 Å². The molecule has 6 heteroatoms. The van der Waals surface area contributed by atoms with Gasteiger partial charge in [0.25, 0.3) is 0 Å². The Morgan fingerprint density at radius 1 is 0.675 bits per heavy atom. The Morgan fingerprint density at radius 3 is 1.30 bits per heavy atom. The van der Waals surface area contributed by atoms with Crippen molar-refractivity contribution in [2.45, 2.75) is 104 Å². The third-order valence-electron chi connectivity index (χ3n) is 9.68. The van der Waals surface area contributed by atoms with Gasteiger partial charge in [0.15, 0.2) is 0 Å². The smallest absolute Gasteiger partial charge is 0.340 e. The summed E-state index contributed by atoms with van der Waals surface area (Å²) in [5, 5.41) is 0. The molecule has 2 aliphatic carbocycles. The molecule has 0 amide bonds. The number of nitrogen functional groups attached to an aromatic ring is 2. The van der Waals surface area contributed by atoms with E-state index in [9.17, 15) is 9.59 Å². The first-order chi connectivity index (χ1) is 18.8. The van der Waals surface area contributed by atoms with Gasteiger partial charge in [-0.3, -0.25) is 0 Å². The zero-order valence-corrected chi connectivity index (χ0v) is 25.2. The topological polar surface area (TPSA) is 105 Å². The van der Waals surface area contributed by atoms with E-state index in [1.165, 1.54) is 0 Å². The van der Waals surface area contributed by atoms with Crippen LogP contribution in [0.4, 0.5) is 11.4 Å². The van der Waals surface area contributed by atoms with Crippen LogP contribution in [0.15, 0.2) is 36.4 Å². The highest BCUT2D eigenvalue weighted by atomic mass is 16.6. The van der Waals surface area contributed by atoms with Gasteiger partial charge in [0.05, 0.1) is 22.5 Å². The molecule has 0 heterocycles. The first-order valence-corrected chi connectivity index (χ1v) is 15.1. The lowest BCUT2D eigenvalue weighted by atomic mass is 9.75. The minimum atomic E-state index is -0.502. The quantitative estimate of drug-likeness (QED) is 0.268. The van der Waals surface area contributed by atoms with Crippen LogP contribution in [0.2, 0.25) is 0 Å². The first-order valence-electron chi connectivity index (χ1n) is 15.1. The van der Waals surface area contributed by atoms with Crippen LogP contribution in [0.5, 0.6) is 0 Å².